The van der Waals surface area contributed by atoms with Gasteiger partial charge in [0, 0.05) is 6.42 Å². The summed E-state index contributed by atoms with van der Waals surface area (Å²) in [5.41, 5.74) is 0. The molecule has 8 nitrogen and oxygen atoms in total. The van der Waals surface area contributed by atoms with Gasteiger partial charge in [-0.25, -0.2) is 0 Å². The lowest BCUT2D eigenvalue weighted by atomic mass is 10.0. The highest BCUT2D eigenvalue weighted by molar-refractivity contribution is 7.45. The van der Waals surface area contributed by atoms with E-state index in [0.29, 0.717) is 17.4 Å². The topological polar surface area (TPSA) is 108 Å². The van der Waals surface area contributed by atoms with Crippen molar-refractivity contribution in [3.8, 4) is 0 Å². The first kappa shape index (κ1) is 50.7. The highest BCUT2D eigenvalue weighted by Crippen LogP contribution is 2.38. The number of hydrogen-bond acceptors (Lipinski definition) is 6. The molecular formula is C43H83N2O6P. The second kappa shape index (κ2) is 35.4. The lowest BCUT2D eigenvalue weighted by molar-refractivity contribution is -0.870. The van der Waals surface area contributed by atoms with E-state index in [2.05, 4.69) is 43.5 Å². The Morgan fingerprint density at radius 1 is 0.654 bits per heavy atom. The van der Waals surface area contributed by atoms with E-state index < -0.39 is 26.6 Å². The third-order valence-corrected chi connectivity index (χ3v) is 10.3. The number of aliphatic hydroxyl groups is 1. The normalized spacial score (nSPS) is 14.8. The highest BCUT2D eigenvalue weighted by atomic mass is 31.2. The maximum atomic E-state index is 12.8. The summed E-state index contributed by atoms with van der Waals surface area (Å²) in [6.07, 6.45) is 41.9. The second-order valence-electron chi connectivity index (χ2n) is 15.7. The molecule has 0 aliphatic heterocycles. The third-order valence-electron chi connectivity index (χ3n) is 9.33. The quantitative estimate of drug-likeness (QED) is 0.0281. The number of hydrogen-bond donors (Lipinski definition) is 2. The van der Waals surface area contributed by atoms with Crippen LogP contribution >= 0.6 is 7.82 Å². The SMILES string of the molecule is CCCCCC/C=C/CC/C=C/CC/C=C/C(O)C(COP(=O)([O-])OCC[N+](C)(C)C)NC(=O)CCCCCCCCCCCCCCCCCC. The molecule has 0 saturated carbocycles. The number of likely N-dealkylation sites (N-methyl/N-ethyl adjacent to an activating group) is 1. The predicted molar refractivity (Wildman–Crippen MR) is 219 cm³/mol. The van der Waals surface area contributed by atoms with E-state index in [1.807, 2.05) is 27.2 Å². The van der Waals surface area contributed by atoms with Crippen LogP contribution < -0.4 is 10.2 Å². The fourth-order valence-corrected chi connectivity index (χ4v) is 6.61. The van der Waals surface area contributed by atoms with Gasteiger partial charge >= 0.3 is 0 Å². The Bertz CT molecular complexity index is 948. The zero-order chi connectivity index (χ0) is 38.6. The van der Waals surface area contributed by atoms with E-state index in [0.717, 1.165) is 44.9 Å². The first-order chi connectivity index (χ1) is 25.0. The fraction of sp³-hybridized carbons (Fsp3) is 0.837. The van der Waals surface area contributed by atoms with E-state index in [4.69, 9.17) is 9.05 Å². The Morgan fingerprint density at radius 3 is 1.56 bits per heavy atom. The number of nitrogens with zero attached hydrogens (tertiary/aromatic N) is 1. The van der Waals surface area contributed by atoms with Gasteiger partial charge in [0.2, 0.25) is 5.91 Å². The van der Waals surface area contributed by atoms with Crippen LogP contribution in [0.1, 0.15) is 181 Å². The van der Waals surface area contributed by atoms with E-state index >= 15 is 0 Å². The first-order valence-electron chi connectivity index (χ1n) is 21.4. The van der Waals surface area contributed by atoms with Gasteiger partial charge in [-0.2, -0.15) is 0 Å². The molecule has 0 radical (unpaired) electrons. The molecule has 0 spiro atoms. The molecule has 0 aromatic carbocycles. The van der Waals surface area contributed by atoms with Crippen molar-refractivity contribution in [2.45, 2.75) is 193 Å². The summed E-state index contributed by atoms with van der Waals surface area (Å²) in [5, 5.41) is 13.7. The molecule has 0 aliphatic carbocycles. The van der Waals surface area contributed by atoms with Crippen LogP contribution in [0.4, 0.5) is 0 Å². The molecule has 1 amide bonds. The maximum absolute atomic E-state index is 12.8. The van der Waals surface area contributed by atoms with Gasteiger partial charge in [0.05, 0.1) is 39.9 Å². The maximum Gasteiger partial charge on any atom is 0.268 e. The van der Waals surface area contributed by atoms with Crippen LogP contribution in [0.5, 0.6) is 0 Å². The molecule has 306 valence electrons. The molecule has 0 heterocycles. The number of allylic oxidation sites excluding steroid dienone is 5. The molecule has 0 bridgehead atoms. The van der Waals surface area contributed by atoms with E-state index in [1.54, 1.807) is 6.08 Å². The fourth-order valence-electron chi connectivity index (χ4n) is 5.89. The number of phosphoric acid groups is 1. The Kier molecular flexibility index (Phi) is 34.6. The zero-order valence-corrected chi connectivity index (χ0v) is 35.4. The monoisotopic (exact) mass is 755 g/mol. The summed E-state index contributed by atoms with van der Waals surface area (Å²) in [4.78, 5) is 25.2. The number of carbonyl (C=O) groups is 1. The molecular weight excluding hydrogens is 671 g/mol. The molecule has 0 aliphatic rings. The van der Waals surface area contributed by atoms with Gasteiger partial charge in [-0.3, -0.25) is 9.36 Å². The minimum Gasteiger partial charge on any atom is -0.756 e. The Morgan fingerprint density at radius 2 is 1.08 bits per heavy atom. The molecule has 2 N–H and O–H groups in total. The Hall–Kier alpha value is -1.28. The van der Waals surface area contributed by atoms with Crippen molar-refractivity contribution in [3.05, 3.63) is 36.5 Å². The number of aliphatic hydroxyl groups excluding tert-OH is 1. The first-order valence-corrected chi connectivity index (χ1v) is 22.8. The number of quaternary nitrogens is 1. The van der Waals surface area contributed by atoms with E-state index in [1.165, 1.54) is 116 Å². The van der Waals surface area contributed by atoms with Crippen LogP contribution in [0.3, 0.4) is 0 Å². The van der Waals surface area contributed by atoms with Crippen LogP contribution in [-0.4, -0.2) is 68.5 Å². The number of rotatable bonds is 38. The average molecular weight is 755 g/mol. The number of amides is 1. The van der Waals surface area contributed by atoms with Crippen molar-refractivity contribution >= 4 is 13.7 Å². The van der Waals surface area contributed by atoms with Crippen LogP contribution in [0.2, 0.25) is 0 Å². The lowest BCUT2D eigenvalue weighted by Crippen LogP contribution is -2.45. The smallest absolute Gasteiger partial charge is 0.268 e. The van der Waals surface area contributed by atoms with Crippen LogP contribution in [0, 0.1) is 0 Å². The van der Waals surface area contributed by atoms with Gasteiger partial charge in [0.15, 0.2) is 0 Å². The van der Waals surface area contributed by atoms with Crippen molar-refractivity contribution < 1.29 is 32.9 Å². The molecule has 0 saturated heterocycles. The second-order valence-corrected chi connectivity index (χ2v) is 17.1. The minimum atomic E-state index is -4.59. The molecule has 9 heteroatoms. The molecule has 3 unspecified atom stereocenters. The Balaban J connectivity index is 4.50. The van der Waals surface area contributed by atoms with Crippen molar-refractivity contribution in [3.63, 3.8) is 0 Å². The van der Waals surface area contributed by atoms with Gasteiger partial charge in [0.1, 0.15) is 13.2 Å². The summed E-state index contributed by atoms with van der Waals surface area (Å²) in [6, 6.07) is -0.904. The predicted octanol–water partition coefficient (Wildman–Crippen LogP) is 10.9. The van der Waals surface area contributed by atoms with Crippen LogP contribution in [0.25, 0.3) is 0 Å². The van der Waals surface area contributed by atoms with Gasteiger partial charge in [-0.1, -0.05) is 166 Å². The summed E-state index contributed by atoms with van der Waals surface area (Å²) >= 11 is 0. The van der Waals surface area contributed by atoms with Gasteiger partial charge < -0.3 is 28.8 Å². The van der Waals surface area contributed by atoms with Crippen molar-refractivity contribution in [1.29, 1.82) is 0 Å². The summed E-state index contributed by atoms with van der Waals surface area (Å²) in [6.45, 7) is 4.59. The lowest BCUT2D eigenvalue weighted by Gasteiger charge is -2.29. The van der Waals surface area contributed by atoms with Crippen molar-refractivity contribution in [1.82, 2.24) is 5.32 Å². The summed E-state index contributed by atoms with van der Waals surface area (Å²) in [7, 11) is 1.23. The van der Waals surface area contributed by atoms with Crippen molar-refractivity contribution in [2.75, 3.05) is 40.9 Å². The van der Waals surface area contributed by atoms with Crippen LogP contribution in [0.15, 0.2) is 36.5 Å². The standard InChI is InChI=1S/C43H83N2O6P/c1-6-8-10-12-14-16-18-20-22-23-25-27-29-31-33-35-37-43(47)44-41(40-51-52(48,49)50-39-38-45(3,4)5)42(46)36-34-32-30-28-26-24-21-19-17-15-13-11-9-7-2/h17,19,26,28,34,36,41-42,46H,6-16,18,20-25,27,29-33,35,37-40H2,1-5H3,(H-,44,47,48,49)/b19-17+,28-26+,36-34+. The molecule has 0 aromatic heterocycles. The number of phosphoric ester groups is 1. The molecule has 0 rings (SSSR count). The minimum absolute atomic E-state index is 0.00807. The number of nitrogens with one attached hydrogen (secondary N) is 1. The molecule has 0 fully saturated rings. The third kappa shape index (κ3) is 37.1. The molecule has 52 heavy (non-hydrogen) atoms. The van der Waals surface area contributed by atoms with E-state index in [9.17, 15) is 19.4 Å². The summed E-state index contributed by atoms with van der Waals surface area (Å²) in [5.74, 6) is -0.212. The van der Waals surface area contributed by atoms with E-state index in [-0.39, 0.29) is 12.5 Å². The zero-order valence-electron chi connectivity index (χ0n) is 34.5. The number of carbonyl (C=O) groups excluding carboxylic acids is 1. The largest absolute Gasteiger partial charge is 0.756 e. The number of unbranched alkanes of at least 4 members (excludes halogenated alkanes) is 21. The van der Waals surface area contributed by atoms with Gasteiger partial charge in [-0.05, 0) is 44.9 Å². The Labute approximate surface area is 321 Å². The molecule has 0 aromatic rings. The molecule has 3 atom stereocenters. The van der Waals surface area contributed by atoms with Gasteiger partial charge in [0.25, 0.3) is 7.82 Å². The average Bonchev–Trinajstić information content (AvgIpc) is 3.09. The highest BCUT2D eigenvalue weighted by Gasteiger charge is 2.23. The van der Waals surface area contributed by atoms with Gasteiger partial charge in [-0.15, -0.1) is 0 Å². The summed E-state index contributed by atoms with van der Waals surface area (Å²) < 4.78 is 23.1. The van der Waals surface area contributed by atoms with Crippen LogP contribution in [-0.2, 0) is 18.4 Å². The van der Waals surface area contributed by atoms with Crippen molar-refractivity contribution in [2.24, 2.45) is 0 Å².